The predicted octanol–water partition coefficient (Wildman–Crippen LogP) is 5.16. The number of benzene rings is 1. The van der Waals surface area contributed by atoms with Crippen LogP contribution in [0.1, 0.15) is 46.5 Å². The number of fused-ring (bicyclic) bond motifs is 1. The summed E-state index contributed by atoms with van der Waals surface area (Å²) in [5, 5.41) is 4.40. The number of piperazine rings is 1. The summed E-state index contributed by atoms with van der Waals surface area (Å²) in [6, 6.07) is 11.6. The van der Waals surface area contributed by atoms with Crippen molar-refractivity contribution >= 4 is 34.2 Å². The Bertz CT molecular complexity index is 1560. The standard InChI is InChI=1S/C31H31ClN6O/c1-21(2)38-13-11-37(12-14-38)20-27-19-35-29(16-28(27)32)36-31(39)24-7-6-22(3)23(15-24)8-9-26-18-33-17-25-5-4-10-34-30(25)26/h4-7,10,15-19,21H,11-14,20H2,1-3H3,(H,35,36,39). The van der Waals surface area contributed by atoms with Crippen molar-refractivity contribution in [3.63, 3.8) is 0 Å². The van der Waals surface area contributed by atoms with Crippen molar-refractivity contribution in [1.82, 2.24) is 24.8 Å². The molecule has 0 bridgehead atoms. The van der Waals surface area contributed by atoms with E-state index < -0.39 is 0 Å². The van der Waals surface area contributed by atoms with E-state index in [1.807, 2.05) is 25.1 Å². The molecule has 1 amide bonds. The first-order chi connectivity index (χ1) is 18.9. The molecule has 0 unspecified atom stereocenters. The fourth-order valence-electron chi connectivity index (χ4n) is 4.64. The van der Waals surface area contributed by atoms with Gasteiger partial charge in [0.1, 0.15) is 5.82 Å². The molecule has 1 aliphatic heterocycles. The summed E-state index contributed by atoms with van der Waals surface area (Å²) < 4.78 is 0. The minimum Gasteiger partial charge on any atom is -0.307 e. The zero-order chi connectivity index (χ0) is 27.4. The van der Waals surface area contributed by atoms with Crippen molar-refractivity contribution in [2.24, 2.45) is 0 Å². The molecule has 1 aliphatic rings. The number of nitrogens with zero attached hydrogens (tertiary/aromatic N) is 5. The number of hydrogen-bond acceptors (Lipinski definition) is 6. The number of carbonyl (C=O) groups is 1. The van der Waals surface area contributed by atoms with Crippen LogP contribution in [0.4, 0.5) is 5.82 Å². The van der Waals surface area contributed by atoms with E-state index in [4.69, 9.17) is 11.6 Å². The molecule has 8 heteroatoms. The molecule has 0 spiro atoms. The minimum absolute atomic E-state index is 0.271. The molecule has 198 valence electrons. The van der Waals surface area contributed by atoms with Gasteiger partial charge in [-0.25, -0.2) is 4.98 Å². The third-order valence-corrected chi connectivity index (χ3v) is 7.40. The Morgan fingerprint density at radius 3 is 2.59 bits per heavy atom. The summed E-state index contributed by atoms with van der Waals surface area (Å²) in [5.74, 6) is 6.51. The number of amides is 1. The molecule has 1 fully saturated rings. The first kappa shape index (κ1) is 26.8. The van der Waals surface area contributed by atoms with Crippen molar-refractivity contribution in [1.29, 1.82) is 0 Å². The van der Waals surface area contributed by atoms with Gasteiger partial charge in [0.25, 0.3) is 5.91 Å². The Kier molecular flexibility index (Phi) is 8.18. The lowest BCUT2D eigenvalue weighted by Crippen LogP contribution is -2.48. The molecule has 1 aromatic carbocycles. The van der Waals surface area contributed by atoms with Crippen molar-refractivity contribution in [3.8, 4) is 11.8 Å². The van der Waals surface area contributed by atoms with Crippen LogP contribution in [0.25, 0.3) is 10.9 Å². The van der Waals surface area contributed by atoms with E-state index in [1.54, 1.807) is 43.0 Å². The van der Waals surface area contributed by atoms with E-state index in [9.17, 15) is 4.79 Å². The molecule has 4 aromatic rings. The quantitative estimate of drug-likeness (QED) is 0.354. The summed E-state index contributed by atoms with van der Waals surface area (Å²) in [5.41, 5.74) is 4.72. The van der Waals surface area contributed by atoms with Gasteiger partial charge < -0.3 is 5.32 Å². The second-order valence-corrected chi connectivity index (χ2v) is 10.5. The van der Waals surface area contributed by atoms with Gasteiger partial charge in [-0.1, -0.05) is 29.5 Å². The molecule has 39 heavy (non-hydrogen) atoms. The lowest BCUT2D eigenvalue weighted by molar-refractivity contribution is 0.102. The van der Waals surface area contributed by atoms with Gasteiger partial charge >= 0.3 is 0 Å². The van der Waals surface area contributed by atoms with E-state index in [0.717, 1.165) is 65.9 Å². The maximum atomic E-state index is 13.1. The van der Waals surface area contributed by atoms with Crippen LogP contribution < -0.4 is 5.32 Å². The number of aromatic nitrogens is 3. The number of rotatable bonds is 5. The van der Waals surface area contributed by atoms with Gasteiger partial charge in [0.15, 0.2) is 0 Å². The highest BCUT2D eigenvalue weighted by Crippen LogP contribution is 2.22. The third-order valence-electron chi connectivity index (χ3n) is 7.05. The first-order valence-electron chi connectivity index (χ1n) is 13.1. The van der Waals surface area contributed by atoms with Crippen LogP contribution >= 0.6 is 11.6 Å². The topological polar surface area (TPSA) is 74.2 Å². The van der Waals surface area contributed by atoms with Crippen LogP contribution in [0.5, 0.6) is 0 Å². The number of hydrogen-bond donors (Lipinski definition) is 1. The minimum atomic E-state index is -0.271. The summed E-state index contributed by atoms with van der Waals surface area (Å²) in [7, 11) is 0. The highest BCUT2D eigenvalue weighted by molar-refractivity contribution is 6.31. The molecule has 3 aromatic heterocycles. The van der Waals surface area contributed by atoms with Crippen molar-refractivity contribution < 1.29 is 4.79 Å². The van der Waals surface area contributed by atoms with E-state index in [2.05, 4.69) is 55.8 Å². The van der Waals surface area contributed by atoms with Crippen LogP contribution in [-0.2, 0) is 6.54 Å². The number of carbonyl (C=O) groups excluding carboxylic acids is 1. The number of halogens is 1. The third kappa shape index (κ3) is 6.43. The van der Waals surface area contributed by atoms with Gasteiger partial charge in [-0.2, -0.15) is 0 Å². The molecule has 1 saturated heterocycles. The van der Waals surface area contributed by atoms with Crippen LogP contribution in [0.15, 0.2) is 61.2 Å². The van der Waals surface area contributed by atoms with Crippen LogP contribution in [0, 0.1) is 18.8 Å². The Balaban J connectivity index is 1.27. The van der Waals surface area contributed by atoms with E-state index in [-0.39, 0.29) is 5.91 Å². The molecule has 0 radical (unpaired) electrons. The second-order valence-electron chi connectivity index (χ2n) is 10.1. The van der Waals surface area contributed by atoms with Gasteiger partial charge in [-0.15, -0.1) is 0 Å². The molecule has 1 N–H and O–H groups in total. The average Bonchev–Trinajstić information content (AvgIpc) is 2.94. The van der Waals surface area contributed by atoms with Gasteiger partial charge in [-0.3, -0.25) is 24.6 Å². The number of anilines is 1. The molecule has 0 aliphatic carbocycles. The lowest BCUT2D eigenvalue weighted by atomic mass is 10.0. The Hall–Kier alpha value is -3.83. The summed E-state index contributed by atoms with van der Waals surface area (Å²) in [4.78, 5) is 31.1. The second kappa shape index (κ2) is 11.9. The predicted molar refractivity (Wildman–Crippen MR) is 156 cm³/mol. The van der Waals surface area contributed by atoms with Crippen molar-refractivity contribution in [3.05, 3.63) is 94.0 Å². The number of pyridine rings is 3. The molecular formula is C31H31ClN6O. The van der Waals surface area contributed by atoms with Gasteiger partial charge in [0.2, 0.25) is 0 Å². The molecular weight excluding hydrogens is 508 g/mol. The number of aryl methyl sites for hydroxylation is 1. The normalized spacial score (nSPS) is 14.3. The van der Waals surface area contributed by atoms with Crippen LogP contribution in [0.2, 0.25) is 5.02 Å². The molecule has 5 rings (SSSR count). The average molecular weight is 539 g/mol. The highest BCUT2D eigenvalue weighted by Gasteiger charge is 2.20. The van der Waals surface area contributed by atoms with Gasteiger partial charge in [-0.05, 0) is 56.7 Å². The van der Waals surface area contributed by atoms with Crippen LogP contribution in [0.3, 0.4) is 0 Å². The SMILES string of the molecule is Cc1ccc(C(=O)Nc2cc(Cl)c(CN3CCN(C(C)C)CC3)cn2)cc1C#Cc1cncc2cccnc12. The molecule has 4 heterocycles. The van der Waals surface area contributed by atoms with E-state index in [1.165, 1.54) is 0 Å². The molecule has 0 saturated carbocycles. The maximum absolute atomic E-state index is 13.1. The lowest BCUT2D eigenvalue weighted by Gasteiger charge is -2.37. The zero-order valence-corrected chi connectivity index (χ0v) is 23.2. The largest absolute Gasteiger partial charge is 0.307 e. The summed E-state index contributed by atoms with van der Waals surface area (Å²) in [6.45, 7) is 11.3. The van der Waals surface area contributed by atoms with E-state index >= 15 is 0 Å². The Labute approximate surface area is 234 Å². The monoisotopic (exact) mass is 538 g/mol. The Morgan fingerprint density at radius 2 is 1.82 bits per heavy atom. The van der Waals surface area contributed by atoms with E-state index in [0.29, 0.717) is 22.4 Å². The molecule has 0 atom stereocenters. The number of nitrogens with one attached hydrogen (secondary N) is 1. The van der Waals surface area contributed by atoms with Crippen LogP contribution in [-0.4, -0.2) is 62.9 Å². The van der Waals surface area contributed by atoms with Crippen molar-refractivity contribution in [2.45, 2.75) is 33.4 Å². The fourth-order valence-corrected chi connectivity index (χ4v) is 4.85. The van der Waals surface area contributed by atoms with Gasteiger partial charge in [0.05, 0.1) is 16.1 Å². The zero-order valence-electron chi connectivity index (χ0n) is 22.4. The molecule has 7 nitrogen and oxygen atoms in total. The first-order valence-corrected chi connectivity index (χ1v) is 13.5. The smallest absolute Gasteiger partial charge is 0.256 e. The summed E-state index contributed by atoms with van der Waals surface area (Å²) >= 11 is 6.59. The highest BCUT2D eigenvalue weighted by atomic mass is 35.5. The maximum Gasteiger partial charge on any atom is 0.256 e. The van der Waals surface area contributed by atoms with Crippen molar-refractivity contribution in [2.75, 3.05) is 31.5 Å². The Morgan fingerprint density at radius 1 is 1.03 bits per heavy atom. The summed E-state index contributed by atoms with van der Waals surface area (Å²) in [6.07, 6.45) is 6.97. The fraction of sp³-hybridized carbons (Fsp3) is 0.290. The van der Waals surface area contributed by atoms with Gasteiger partial charge in [0, 0.05) is 85.6 Å².